The fraction of sp³-hybridized carbons (Fsp3) is 0.257. The summed E-state index contributed by atoms with van der Waals surface area (Å²) in [5, 5.41) is 3.95. The molecule has 2 amide bonds. The Hall–Kier alpha value is -3.56. The number of aryl methyl sites for hydroxylation is 1. The Bertz CT molecular complexity index is 1770. The van der Waals surface area contributed by atoms with Crippen molar-refractivity contribution in [2.75, 3.05) is 17.4 Å². The normalized spacial score (nSPS) is 12.1. The maximum absolute atomic E-state index is 14.5. The highest BCUT2D eigenvalue weighted by Crippen LogP contribution is 2.29. The van der Waals surface area contributed by atoms with Crippen LogP contribution in [0.4, 0.5) is 5.69 Å². The van der Waals surface area contributed by atoms with Crippen LogP contribution in [0.25, 0.3) is 0 Å². The van der Waals surface area contributed by atoms with Gasteiger partial charge in [-0.25, -0.2) is 8.42 Å². The lowest BCUT2D eigenvalue weighted by atomic mass is 10.0. The third-order valence-electron chi connectivity index (χ3n) is 7.35. The number of anilines is 1. The molecule has 0 heterocycles. The Morgan fingerprint density at radius 1 is 0.783 bits per heavy atom. The zero-order valence-corrected chi connectivity index (χ0v) is 28.9. The number of sulfonamides is 1. The lowest BCUT2D eigenvalue weighted by Gasteiger charge is -2.34. The average Bonchev–Trinajstić information content (AvgIpc) is 3.04. The van der Waals surface area contributed by atoms with Crippen LogP contribution in [0.1, 0.15) is 30.5 Å². The molecule has 46 heavy (non-hydrogen) atoms. The van der Waals surface area contributed by atoms with Crippen molar-refractivity contribution < 1.29 is 18.0 Å². The van der Waals surface area contributed by atoms with Gasteiger partial charge in [0, 0.05) is 24.5 Å². The van der Waals surface area contributed by atoms with E-state index in [2.05, 4.69) is 5.32 Å². The van der Waals surface area contributed by atoms with Gasteiger partial charge in [0.25, 0.3) is 10.0 Å². The summed E-state index contributed by atoms with van der Waals surface area (Å²) in [5.41, 5.74) is 2.41. The molecule has 1 N–H and O–H groups in total. The first-order valence-corrected chi connectivity index (χ1v) is 17.3. The van der Waals surface area contributed by atoms with Gasteiger partial charge >= 0.3 is 0 Å². The molecule has 7 nitrogen and oxygen atoms in total. The molecule has 4 rings (SSSR count). The van der Waals surface area contributed by atoms with Gasteiger partial charge < -0.3 is 10.2 Å². The molecular formula is C35H36Cl3N3O4S. The predicted molar refractivity (Wildman–Crippen MR) is 186 cm³/mol. The fourth-order valence-corrected chi connectivity index (χ4v) is 6.72. The molecule has 1 atom stereocenters. The minimum Gasteiger partial charge on any atom is -0.354 e. The molecule has 0 fully saturated rings. The Kier molecular flexibility index (Phi) is 12.1. The maximum Gasteiger partial charge on any atom is 0.264 e. The Balaban J connectivity index is 1.82. The third-order valence-corrected chi connectivity index (χ3v) is 10.3. The molecule has 0 unspecified atom stereocenters. The van der Waals surface area contributed by atoms with Crippen LogP contribution in [-0.4, -0.2) is 44.3 Å². The van der Waals surface area contributed by atoms with Crippen molar-refractivity contribution in [2.24, 2.45) is 5.92 Å². The summed E-state index contributed by atoms with van der Waals surface area (Å²) in [6.07, 6.45) is 0.194. The Morgan fingerprint density at radius 2 is 1.43 bits per heavy atom. The summed E-state index contributed by atoms with van der Waals surface area (Å²) in [7, 11) is -4.24. The van der Waals surface area contributed by atoms with Gasteiger partial charge in [0.15, 0.2) is 0 Å². The Labute approximate surface area is 286 Å². The van der Waals surface area contributed by atoms with Gasteiger partial charge in [0.2, 0.25) is 11.8 Å². The highest BCUT2D eigenvalue weighted by Gasteiger charge is 2.35. The van der Waals surface area contributed by atoms with Crippen molar-refractivity contribution >= 4 is 62.3 Å². The van der Waals surface area contributed by atoms with E-state index in [1.54, 1.807) is 55.5 Å². The topological polar surface area (TPSA) is 86.8 Å². The Morgan fingerprint density at radius 3 is 2.04 bits per heavy atom. The van der Waals surface area contributed by atoms with E-state index in [4.69, 9.17) is 34.8 Å². The van der Waals surface area contributed by atoms with Gasteiger partial charge in [-0.05, 0) is 65.9 Å². The van der Waals surface area contributed by atoms with Crippen molar-refractivity contribution in [3.8, 4) is 0 Å². The van der Waals surface area contributed by atoms with Crippen molar-refractivity contribution in [3.63, 3.8) is 0 Å². The summed E-state index contributed by atoms with van der Waals surface area (Å²) in [6.45, 7) is 5.52. The minimum absolute atomic E-state index is 0.00559. The summed E-state index contributed by atoms with van der Waals surface area (Å²) in [6, 6.07) is 26.0. The molecule has 0 spiro atoms. The number of amides is 2. The number of halogens is 3. The van der Waals surface area contributed by atoms with Crippen molar-refractivity contribution in [1.82, 2.24) is 10.2 Å². The summed E-state index contributed by atoms with van der Waals surface area (Å²) in [5.74, 6) is -0.789. The van der Waals surface area contributed by atoms with E-state index in [0.29, 0.717) is 22.2 Å². The monoisotopic (exact) mass is 699 g/mol. The van der Waals surface area contributed by atoms with E-state index in [0.717, 1.165) is 15.4 Å². The van der Waals surface area contributed by atoms with Gasteiger partial charge in [-0.2, -0.15) is 0 Å². The molecule has 0 bridgehead atoms. The van der Waals surface area contributed by atoms with Gasteiger partial charge in [0.1, 0.15) is 12.6 Å². The molecule has 0 radical (unpaired) electrons. The van der Waals surface area contributed by atoms with Gasteiger partial charge in [-0.1, -0.05) is 109 Å². The van der Waals surface area contributed by atoms with Crippen molar-refractivity contribution in [1.29, 1.82) is 0 Å². The predicted octanol–water partition coefficient (Wildman–Crippen LogP) is 7.56. The standard InChI is InChI=1S/C35H36Cl3N3O4S/c1-24(2)21-39-35(43)33(19-26-10-6-4-7-11-26)40(22-27-15-17-30(36)32(38)18-27)34(42)23-41(28-16-14-25(3)31(37)20-28)46(44,45)29-12-8-5-9-13-29/h4-18,20,24,33H,19,21-23H2,1-3H3,(H,39,43)/t33-/m1/s1. The number of benzene rings is 4. The highest BCUT2D eigenvalue weighted by molar-refractivity contribution is 7.92. The third kappa shape index (κ3) is 9.04. The fourth-order valence-electron chi connectivity index (χ4n) is 4.80. The first-order chi connectivity index (χ1) is 21.9. The van der Waals surface area contributed by atoms with Gasteiger partial charge in [-0.3, -0.25) is 13.9 Å². The van der Waals surface area contributed by atoms with E-state index in [1.165, 1.54) is 23.1 Å². The van der Waals surface area contributed by atoms with Crippen LogP contribution in [0.5, 0.6) is 0 Å². The van der Waals surface area contributed by atoms with Crippen LogP contribution in [0.2, 0.25) is 15.1 Å². The van der Waals surface area contributed by atoms with Gasteiger partial charge in [0.05, 0.1) is 20.6 Å². The molecular weight excluding hydrogens is 665 g/mol. The van der Waals surface area contributed by atoms with E-state index < -0.39 is 28.5 Å². The van der Waals surface area contributed by atoms with Crippen molar-refractivity contribution in [2.45, 2.75) is 44.7 Å². The molecule has 0 aliphatic carbocycles. The number of carbonyl (C=O) groups is 2. The second-order valence-corrected chi connectivity index (χ2v) is 14.5. The molecule has 242 valence electrons. The summed E-state index contributed by atoms with van der Waals surface area (Å²) < 4.78 is 29.2. The number of carbonyl (C=O) groups excluding carboxylic acids is 2. The maximum atomic E-state index is 14.5. The average molecular weight is 701 g/mol. The first kappa shape index (κ1) is 35.3. The quantitative estimate of drug-likeness (QED) is 0.156. The number of hydrogen-bond acceptors (Lipinski definition) is 4. The first-order valence-electron chi connectivity index (χ1n) is 14.8. The molecule has 4 aromatic rings. The lowest BCUT2D eigenvalue weighted by molar-refractivity contribution is -0.140. The smallest absolute Gasteiger partial charge is 0.264 e. The van der Waals surface area contributed by atoms with E-state index >= 15 is 0 Å². The minimum atomic E-state index is -4.24. The molecule has 0 saturated heterocycles. The molecule has 0 aliphatic rings. The molecule has 0 aromatic heterocycles. The molecule has 0 saturated carbocycles. The second-order valence-electron chi connectivity index (χ2n) is 11.4. The van der Waals surface area contributed by atoms with Crippen LogP contribution in [0.3, 0.4) is 0 Å². The summed E-state index contributed by atoms with van der Waals surface area (Å²) >= 11 is 19.0. The summed E-state index contributed by atoms with van der Waals surface area (Å²) in [4.78, 5) is 29.8. The lowest BCUT2D eigenvalue weighted by Crippen LogP contribution is -2.53. The van der Waals surface area contributed by atoms with E-state index in [9.17, 15) is 18.0 Å². The number of nitrogens with one attached hydrogen (secondary N) is 1. The van der Waals surface area contributed by atoms with E-state index in [-0.39, 0.29) is 40.4 Å². The second kappa shape index (κ2) is 15.8. The number of rotatable bonds is 13. The van der Waals surface area contributed by atoms with Crippen molar-refractivity contribution in [3.05, 3.63) is 129 Å². The number of nitrogens with zero attached hydrogens (tertiary/aromatic N) is 2. The zero-order chi connectivity index (χ0) is 33.4. The van der Waals surface area contributed by atoms with Crippen LogP contribution in [0, 0.1) is 12.8 Å². The van der Waals surface area contributed by atoms with Gasteiger partial charge in [-0.15, -0.1) is 0 Å². The highest BCUT2D eigenvalue weighted by atomic mass is 35.5. The molecule has 0 aliphatic heterocycles. The zero-order valence-electron chi connectivity index (χ0n) is 25.8. The van der Waals surface area contributed by atoms with Crippen LogP contribution >= 0.6 is 34.8 Å². The molecule has 11 heteroatoms. The number of hydrogen-bond donors (Lipinski definition) is 1. The van der Waals surface area contributed by atoms with Crippen LogP contribution in [0.15, 0.2) is 102 Å². The van der Waals surface area contributed by atoms with Crippen LogP contribution in [-0.2, 0) is 32.6 Å². The molecule has 4 aromatic carbocycles. The van der Waals surface area contributed by atoms with Crippen LogP contribution < -0.4 is 9.62 Å². The van der Waals surface area contributed by atoms with E-state index in [1.807, 2.05) is 44.2 Å². The SMILES string of the molecule is Cc1ccc(N(CC(=O)N(Cc2ccc(Cl)c(Cl)c2)[C@H](Cc2ccccc2)C(=O)NCC(C)C)S(=O)(=O)c2ccccc2)cc1Cl. The largest absolute Gasteiger partial charge is 0.354 e.